The Labute approximate surface area is 74.6 Å². The van der Waals surface area contributed by atoms with E-state index in [0.717, 1.165) is 19.4 Å². The zero-order valence-electron chi connectivity index (χ0n) is 7.97. The van der Waals surface area contributed by atoms with Crippen molar-refractivity contribution in [2.45, 2.75) is 19.8 Å². The highest BCUT2D eigenvalue weighted by molar-refractivity contribution is 5.95. The molecule has 2 nitrogen and oxygen atoms in total. The van der Waals surface area contributed by atoms with Crippen molar-refractivity contribution in [1.29, 1.82) is 0 Å². The molecule has 0 atom stereocenters. The summed E-state index contributed by atoms with van der Waals surface area (Å²) in [6.07, 6.45) is 3.62. The highest BCUT2D eigenvalue weighted by Crippen LogP contribution is 2.00. The van der Waals surface area contributed by atoms with Crippen LogP contribution in [0.5, 0.6) is 0 Å². The van der Waals surface area contributed by atoms with Crippen LogP contribution in [0.25, 0.3) is 0 Å². The van der Waals surface area contributed by atoms with Crippen molar-refractivity contribution in [3.63, 3.8) is 0 Å². The summed E-state index contributed by atoms with van der Waals surface area (Å²) in [5.41, 5.74) is 0.466. The molecular formula is C10H17NO. The SMILES string of the molecule is C=CC(=C)C(=O)N(C)CCCC. The molecule has 0 aliphatic carbocycles. The quantitative estimate of drug-likeness (QED) is 0.453. The largest absolute Gasteiger partial charge is 0.342 e. The van der Waals surface area contributed by atoms with Gasteiger partial charge in [-0.2, -0.15) is 0 Å². The predicted octanol–water partition coefficient (Wildman–Crippen LogP) is 1.99. The Morgan fingerprint density at radius 1 is 1.58 bits per heavy atom. The van der Waals surface area contributed by atoms with E-state index in [1.807, 2.05) is 0 Å². The minimum Gasteiger partial charge on any atom is -0.342 e. The van der Waals surface area contributed by atoms with E-state index >= 15 is 0 Å². The van der Waals surface area contributed by atoms with Gasteiger partial charge in [-0.15, -0.1) is 0 Å². The molecule has 0 aliphatic heterocycles. The van der Waals surface area contributed by atoms with Crippen LogP contribution in [0.1, 0.15) is 19.8 Å². The normalized spacial score (nSPS) is 9.17. The molecule has 12 heavy (non-hydrogen) atoms. The van der Waals surface area contributed by atoms with Crippen LogP contribution in [-0.2, 0) is 4.79 Å². The fraction of sp³-hybridized carbons (Fsp3) is 0.500. The third-order valence-corrected chi connectivity index (χ3v) is 1.71. The smallest absolute Gasteiger partial charge is 0.252 e. The van der Waals surface area contributed by atoms with Crippen molar-refractivity contribution in [1.82, 2.24) is 4.90 Å². The summed E-state index contributed by atoms with van der Waals surface area (Å²) in [6.45, 7) is 9.98. The van der Waals surface area contributed by atoms with Gasteiger partial charge in [-0.1, -0.05) is 32.6 Å². The second-order valence-electron chi connectivity index (χ2n) is 2.81. The zero-order chi connectivity index (χ0) is 9.56. The van der Waals surface area contributed by atoms with Gasteiger partial charge in [0.2, 0.25) is 0 Å². The van der Waals surface area contributed by atoms with Gasteiger partial charge >= 0.3 is 0 Å². The molecule has 0 bridgehead atoms. The Morgan fingerprint density at radius 2 is 2.17 bits per heavy atom. The topological polar surface area (TPSA) is 20.3 Å². The number of amides is 1. The van der Waals surface area contributed by atoms with E-state index in [1.165, 1.54) is 6.08 Å². The van der Waals surface area contributed by atoms with Gasteiger partial charge in [0, 0.05) is 19.2 Å². The Hall–Kier alpha value is -1.05. The molecule has 0 N–H and O–H groups in total. The number of hydrogen-bond donors (Lipinski definition) is 0. The standard InChI is InChI=1S/C10H17NO/c1-5-7-8-11(4)10(12)9(3)6-2/h6H,2-3,5,7-8H2,1,4H3. The van der Waals surface area contributed by atoms with E-state index in [4.69, 9.17) is 0 Å². The Bertz CT molecular complexity index is 184. The van der Waals surface area contributed by atoms with Gasteiger partial charge < -0.3 is 4.90 Å². The number of likely N-dealkylation sites (N-methyl/N-ethyl adjacent to an activating group) is 1. The van der Waals surface area contributed by atoms with Crippen LogP contribution in [0.15, 0.2) is 24.8 Å². The first-order valence-electron chi connectivity index (χ1n) is 4.20. The summed E-state index contributed by atoms with van der Waals surface area (Å²) < 4.78 is 0. The van der Waals surface area contributed by atoms with Crippen molar-refractivity contribution >= 4 is 5.91 Å². The van der Waals surface area contributed by atoms with E-state index in [9.17, 15) is 4.79 Å². The van der Waals surface area contributed by atoms with Crippen molar-refractivity contribution in [3.8, 4) is 0 Å². The van der Waals surface area contributed by atoms with E-state index in [1.54, 1.807) is 11.9 Å². The van der Waals surface area contributed by atoms with Gasteiger partial charge in [0.15, 0.2) is 0 Å². The van der Waals surface area contributed by atoms with Crippen molar-refractivity contribution < 1.29 is 4.79 Å². The average Bonchev–Trinajstić information content (AvgIpc) is 2.11. The summed E-state index contributed by atoms with van der Waals surface area (Å²) in [5.74, 6) is -0.0292. The Balaban J connectivity index is 3.92. The van der Waals surface area contributed by atoms with Gasteiger partial charge in [-0.3, -0.25) is 4.79 Å². The number of carbonyl (C=O) groups excluding carboxylic acids is 1. The highest BCUT2D eigenvalue weighted by atomic mass is 16.2. The van der Waals surface area contributed by atoms with Crippen LogP contribution in [-0.4, -0.2) is 24.4 Å². The lowest BCUT2D eigenvalue weighted by molar-refractivity contribution is -0.125. The lowest BCUT2D eigenvalue weighted by atomic mass is 10.2. The summed E-state index contributed by atoms with van der Waals surface area (Å²) in [6, 6.07) is 0. The molecule has 0 aromatic rings. The van der Waals surface area contributed by atoms with Crippen molar-refractivity contribution in [2.24, 2.45) is 0 Å². The summed E-state index contributed by atoms with van der Waals surface area (Å²) in [7, 11) is 1.78. The minimum atomic E-state index is -0.0292. The first-order valence-corrected chi connectivity index (χ1v) is 4.20. The first-order chi connectivity index (χ1) is 5.63. The van der Waals surface area contributed by atoms with E-state index in [2.05, 4.69) is 20.1 Å². The second-order valence-corrected chi connectivity index (χ2v) is 2.81. The zero-order valence-corrected chi connectivity index (χ0v) is 7.97. The lowest BCUT2D eigenvalue weighted by Gasteiger charge is -2.16. The van der Waals surface area contributed by atoms with E-state index in [-0.39, 0.29) is 5.91 Å². The van der Waals surface area contributed by atoms with Crippen LogP contribution < -0.4 is 0 Å². The molecule has 68 valence electrons. The number of hydrogen-bond acceptors (Lipinski definition) is 1. The summed E-state index contributed by atoms with van der Waals surface area (Å²) in [4.78, 5) is 13.0. The van der Waals surface area contributed by atoms with Gasteiger partial charge in [-0.25, -0.2) is 0 Å². The third kappa shape index (κ3) is 3.37. The predicted molar refractivity (Wildman–Crippen MR) is 51.9 cm³/mol. The molecule has 0 spiro atoms. The number of nitrogens with zero attached hydrogens (tertiary/aromatic N) is 1. The Morgan fingerprint density at radius 3 is 2.58 bits per heavy atom. The molecule has 0 aromatic heterocycles. The Kier molecular flexibility index (Phi) is 5.09. The van der Waals surface area contributed by atoms with Gasteiger partial charge in [0.25, 0.3) is 5.91 Å². The molecule has 0 heterocycles. The maximum atomic E-state index is 11.3. The highest BCUT2D eigenvalue weighted by Gasteiger charge is 2.08. The summed E-state index contributed by atoms with van der Waals surface area (Å²) in [5, 5.41) is 0. The van der Waals surface area contributed by atoms with Gasteiger partial charge in [0.1, 0.15) is 0 Å². The fourth-order valence-electron chi connectivity index (χ4n) is 0.829. The molecule has 1 amide bonds. The van der Waals surface area contributed by atoms with Crippen LogP contribution in [0.4, 0.5) is 0 Å². The molecule has 0 saturated carbocycles. The lowest BCUT2D eigenvalue weighted by Crippen LogP contribution is -2.28. The average molecular weight is 167 g/mol. The number of carbonyl (C=O) groups is 1. The van der Waals surface area contributed by atoms with Gasteiger partial charge in [0.05, 0.1) is 0 Å². The van der Waals surface area contributed by atoms with E-state index < -0.39 is 0 Å². The second kappa shape index (κ2) is 5.58. The van der Waals surface area contributed by atoms with Crippen molar-refractivity contribution in [3.05, 3.63) is 24.8 Å². The molecule has 0 aromatic carbocycles. The molecule has 0 aliphatic rings. The van der Waals surface area contributed by atoms with Crippen molar-refractivity contribution in [2.75, 3.05) is 13.6 Å². The third-order valence-electron chi connectivity index (χ3n) is 1.71. The van der Waals surface area contributed by atoms with Crippen LogP contribution >= 0.6 is 0 Å². The molecule has 0 unspecified atom stereocenters. The van der Waals surface area contributed by atoms with Crippen LogP contribution in [0.2, 0.25) is 0 Å². The fourth-order valence-corrected chi connectivity index (χ4v) is 0.829. The maximum absolute atomic E-state index is 11.3. The monoisotopic (exact) mass is 167 g/mol. The first kappa shape index (κ1) is 11.0. The van der Waals surface area contributed by atoms with Gasteiger partial charge in [-0.05, 0) is 6.42 Å². The number of rotatable bonds is 5. The number of unbranched alkanes of at least 4 members (excludes halogenated alkanes) is 1. The molecular weight excluding hydrogens is 150 g/mol. The minimum absolute atomic E-state index is 0.0292. The molecule has 0 fully saturated rings. The molecule has 0 radical (unpaired) electrons. The maximum Gasteiger partial charge on any atom is 0.252 e. The molecule has 2 heteroatoms. The molecule has 0 saturated heterocycles. The molecule has 0 rings (SSSR count). The summed E-state index contributed by atoms with van der Waals surface area (Å²) >= 11 is 0. The van der Waals surface area contributed by atoms with Crippen LogP contribution in [0, 0.1) is 0 Å². The van der Waals surface area contributed by atoms with E-state index in [0.29, 0.717) is 5.57 Å². The van der Waals surface area contributed by atoms with Crippen LogP contribution in [0.3, 0.4) is 0 Å².